The van der Waals surface area contributed by atoms with Gasteiger partial charge >= 0.3 is 7.60 Å². The van der Waals surface area contributed by atoms with Crippen molar-refractivity contribution in [1.29, 1.82) is 0 Å². The van der Waals surface area contributed by atoms with Crippen LogP contribution in [0.1, 0.15) is 33.6 Å². The molecular formula is C12H22O5P2. The third kappa shape index (κ3) is 13.6. The Labute approximate surface area is 115 Å². The second-order valence-electron chi connectivity index (χ2n) is 4.47. The first-order chi connectivity index (χ1) is 8.70. The average molecular weight is 308 g/mol. The molecule has 110 valence electrons. The molecule has 0 fully saturated rings. The topological polar surface area (TPSA) is 83.8 Å². The van der Waals surface area contributed by atoms with E-state index in [4.69, 9.17) is 14.3 Å². The fourth-order valence-electron chi connectivity index (χ4n) is 1.20. The van der Waals surface area contributed by atoms with Crippen LogP contribution in [0.15, 0.2) is 35.6 Å². The minimum Gasteiger partial charge on any atom is -0.452 e. The molecule has 0 amide bonds. The van der Waals surface area contributed by atoms with Crippen molar-refractivity contribution in [3.8, 4) is 0 Å². The predicted octanol–water partition coefficient (Wildman–Crippen LogP) is 3.82. The molecule has 0 rings (SSSR count). The third-order valence-electron chi connectivity index (χ3n) is 2.09. The molecule has 0 saturated heterocycles. The van der Waals surface area contributed by atoms with Gasteiger partial charge in [-0.1, -0.05) is 23.3 Å². The fourth-order valence-corrected chi connectivity index (χ4v) is 3.07. The van der Waals surface area contributed by atoms with Crippen molar-refractivity contribution >= 4 is 15.6 Å². The van der Waals surface area contributed by atoms with Gasteiger partial charge in [0.1, 0.15) is 5.90 Å². The van der Waals surface area contributed by atoms with Gasteiger partial charge in [-0.15, -0.1) is 0 Å². The largest absolute Gasteiger partial charge is 0.452 e. The lowest BCUT2D eigenvalue weighted by atomic mass is 10.1. The van der Waals surface area contributed by atoms with Crippen molar-refractivity contribution in [3.05, 3.63) is 35.6 Å². The third-order valence-corrected chi connectivity index (χ3v) is 5.16. The van der Waals surface area contributed by atoms with Crippen molar-refractivity contribution < 1.29 is 23.4 Å². The van der Waals surface area contributed by atoms with Crippen LogP contribution in [-0.4, -0.2) is 15.7 Å². The molecule has 7 heteroatoms. The lowest BCUT2D eigenvalue weighted by molar-refractivity contribution is 0.376. The summed E-state index contributed by atoms with van der Waals surface area (Å²) in [6, 6.07) is 0. The Bertz CT molecular complexity index is 427. The number of hydrogen-bond acceptors (Lipinski definition) is 3. The first kappa shape index (κ1) is 18.4. The summed E-state index contributed by atoms with van der Waals surface area (Å²) in [5.41, 5.74) is 2.43. The highest BCUT2D eigenvalue weighted by molar-refractivity contribution is 7.64. The Morgan fingerprint density at radius 1 is 1.32 bits per heavy atom. The monoisotopic (exact) mass is 308 g/mol. The molecule has 0 aromatic heterocycles. The first-order valence-electron chi connectivity index (χ1n) is 5.90. The van der Waals surface area contributed by atoms with E-state index in [-0.39, 0.29) is 0 Å². The van der Waals surface area contributed by atoms with Crippen LogP contribution in [-0.2, 0) is 13.7 Å². The lowest BCUT2D eigenvalue weighted by Crippen LogP contribution is -1.82. The van der Waals surface area contributed by atoms with Crippen LogP contribution in [0.25, 0.3) is 0 Å². The van der Waals surface area contributed by atoms with Gasteiger partial charge < -0.3 is 14.3 Å². The molecule has 0 saturated carbocycles. The van der Waals surface area contributed by atoms with Gasteiger partial charge in [0, 0.05) is 0 Å². The zero-order chi connectivity index (χ0) is 14.9. The summed E-state index contributed by atoms with van der Waals surface area (Å²) in [6.45, 7) is 6.07. The average Bonchev–Trinajstić information content (AvgIpc) is 2.21. The fraction of sp³-hybridized carbons (Fsp3) is 0.500. The second kappa shape index (κ2) is 9.33. The summed E-state index contributed by atoms with van der Waals surface area (Å²) in [4.78, 5) is 17.2. The van der Waals surface area contributed by atoms with Crippen LogP contribution >= 0.6 is 15.6 Å². The minimum atomic E-state index is -4.26. The van der Waals surface area contributed by atoms with E-state index in [1.54, 1.807) is 6.08 Å². The van der Waals surface area contributed by atoms with E-state index >= 15 is 0 Å². The maximum Gasteiger partial charge on any atom is 0.335 e. The van der Waals surface area contributed by atoms with Crippen LogP contribution in [0, 0.1) is 0 Å². The van der Waals surface area contributed by atoms with Crippen molar-refractivity contribution in [2.24, 2.45) is 0 Å². The Hall–Kier alpha value is -0.600. The van der Waals surface area contributed by atoms with Gasteiger partial charge in [0.05, 0.1) is 6.26 Å². The Morgan fingerprint density at radius 3 is 2.47 bits per heavy atom. The molecule has 0 aromatic carbocycles. The zero-order valence-corrected chi connectivity index (χ0v) is 13.4. The van der Waals surface area contributed by atoms with Crippen LogP contribution in [0.2, 0.25) is 0 Å². The summed E-state index contributed by atoms with van der Waals surface area (Å²) < 4.78 is 26.4. The van der Waals surface area contributed by atoms with Gasteiger partial charge in [-0.3, -0.25) is 9.13 Å². The van der Waals surface area contributed by atoms with E-state index in [1.807, 2.05) is 26.8 Å². The number of rotatable bonds is 8. The van der Waals surface area contributed by atoms with Crippen molar-refractivity contribution in [1.82, 2.24) is 0 Å². The van der Waals surface area contributed by atoms with E-state index < -0.39 is 21.5 Å². The molecule has 2 N–H and O–H groups in total. The second-order valence-corrected chi connectivity index (χ2v) is 8.05. The van der Waals surface area contributed by atoms with Crippen molar-refractivity contribution in [2.75, 3.05) is 5.90 Å². The van der Waals surface area contributed by atoms with Gasteiger partial charge in [0.2, 0.25) is 8.03 Å². The van der Waals surface area contributed by atoms with E-state index in [1.165, 1.54) is 11.8 Å². The van der Waals surface area contributed by atoms with E-state index in [0.29, 0.717) is 0 Å². The molecule has 0 aliphatic rings. The highest BCUT2D eigenvalue weighted by atomic mass is 31.2. The van der Waals surface area contributed by atoms with Crippen molar-refractivity contribution in [2.45, 2.75) is 33.6 Å². The summed E-state index contributed by atoms with van der Waals surface area (Å²) in [5, 5.41) is 0. The summed E-state index contributed by atoms with van der Waals surface area (Å²) in [7, 11) is -6.97. The predicted molar refractivity (Wildman–Crippen MR) is 78.6 cm³/mol. The smallest absolute Gasteiger partial charge is 0.335 e. The number of hydrogen-bond donors (Lipinski definition) is 2. The lowest BCUT2D eigenvalue weighted by Gasteiger charge is -2.02. The standard InChI is InChI=1S/C12H22O5P2/c1-11(2)6-4-7-12(3)8-5-9-17-18(13)10-19(14,15)16/h5-6,8-9,18H,4,7,10H2,1-3H3,(H2,14,15,16)/b9-5+,12-8+. The Morgan fingerprint density at radius 2 is 1.95 bits per heavy atom. The molecular weight excluding hydrogens is 286 g/mol. The summed E-state index contributed by atoms with van der Waals surface area (Å²) in [5.74, 6) is -0.717. The van der Waals surface area contributed by atoms with Gasteiger partial charge in [-0.25, -0.2) is 0 Å². The van der Waals surface area contributed by atoms with Gasteiger partial charge in [-0.05, 0) is 39.7 Å². The first-order valence-corrected chi connectivity index (χ1v) is 9.22. The SMILES string of the molecule is CC(C)=CCC/C(C)=C/C=C/O[PH](=O)CP(=O)(O)O. The molecule has 1 atom stereocenters. The molecule has 0 bridgehead atoms. The molecule has 0 aliphatic heterocycles. The zero-order valence-electron chi connectivity index (χ0n) is 11.5. The molecule has 0 heterocycles. The maximum atomic E-state index is 11.1. The van der Waals surface area contributed by atoms with Gasteiger partial charge in [0.25, 0.3) is 0 Å². The quantitative estimate of drug-likeness (QED) is 0.308. The van der Waals surface area contributed by atoms with E-state index in [9.17, 15) is 9.13 Å². The summed E-state index contributed by atoms with van der Waals surface area (Å²) in [6.07, 6.45) is 8.66. The molecule has 5 nitrogen and oxygen atoms in total. The number of allylic oxidation sites excluding steroid dienone is 5. The molecule has 0 aromatic rings. The van der Waals surface area contributed by atoms with E-state index in [0.717, 1.165) is 18.4 Å². The van der Waals surface area contributed by atoms with Gasteiger partial charge in [0.15, 0.2) is 0 Å². The van der Waals surface area contributed by atoms with Crippen LogP contribution in [0.3, 0.4) is 0 Å². The van der Waals surface area contributed by atoms with E-state index in [2.05, 4.69) is 6.08 Å². The minimum absolute atomic E-state index is 0.717. The normalized spacial score (nSPS) is 14.5. The highest BCUT2D eigenvalue weighted by Gasteiger charge is 2.17. The van der Waals surface area contributed by atoms with Crippen LogP contribution in [0.5, 0.6) is 0 Å². The Balaban J connectivity index is 4.04. The Kier molecular flexibility index (Phi) is 9.03. The summed E-state index contributed by atoms with van der Waals surface area (Å²) >= 11 is 0. The maximum absolute atomic E-state index is 11.1. The molecule has 0 spiro atoms. The molecule has 0 radical (unpaired) electrons. The van der Waals surface area contributed by atoms with Crippen molar-refractivity contribution in [3.63, 3.8) is 0 Å². The molecule has 19 heavy (non-hydrogen) atoms. The van der Waals surface area contributed by atoms with Crippen LogP contribution in [0.4, 0.5) is 0 Å². The van der Waals surface area contributed by atoms with Gasteiger partial charge in [-0.2, -0.15) is 0 Å². The molecule has 0 aliphatic carbocycles. The highest BCUT2D eigenvalue weighted by Crippen LogP contribution is 2.45. The van der Waals surface area contributed by atoms with Crippen LogP contribution < -0.4 is 0 Å². The molecule has 1 unspecified atom stereocenters.